The lowest BCUT2D eigenvalue weighted by Crippen LogP contribution is -2.07. The largest absolute Gasteiger partial charge is 0.481 e. The van der Waals surface area contributed by atoms with E-state index in [-0.39, 0.29) is 0 Å². The Labute approximate surface area is 133 Å². The summed E-state index contributed by atoms with van der Waals surface area (Å²) in [6.07, 6.45) is 0. The van der Waals surface area contributed by atoms with E-state index in [9.17, 15) is 4.79 Å². The molecule has 110 valence electrons. The smallest absolute Gasteiger partial charge is 0.310 e. The zero-order chi connectivity index (χ0) is 15.4. The first-order valence-corrected chi connectivity index (χ1v) is 7.24. The Kier molecular flexibility index (Phi) is 5.10. The molecule has 1 atom stereocenters. The van der Waals surface area contributed by atoms with E-state index in [0.29, 0.717) is 22.3 Å². The van der Waals surface area contributed by atoms with Gasteiger partial charge < -0.3 is 10.4 Å². The minimum Gasteiger partial charge on any atom is -0.481 e. The molecular formula is C16H15Cl2NO2. The number of carbonyl (C=O) groups is 1. The molecular weight excluding hydrogens is 309 g/mol. The maximum atomic E-state index is 10.9. The van der Waals surface area contributed by atoms with Gasteiger partial charge in [-0.15, -0.1) is 0 Å². The molecule has 1 unspecified atom stereocenters. The van der Waals surface area contributed by atoms with Crippen molar-refractivity contribution in [3.05, 3.63) is 63.6 Å². The number of nitrogens with one attached hydrogen (secondary N) is 1. The topological polar surface area (TPSA) is 49.3 Å². The van der Waals surface area contributed by atoms with E-state index < -0.39 is 11.9 Å². The lowest BCUT2D eigenvalue weighted by Gasteiger charge is -2.11. The Morgan fingerprint density at radius 3 is 2.24 bits per heavy atom. The first-order valence-electron chi connectivity index (χ1n) is 6.48. The predicted molar refractivity (Wildman–Crippen MR) is 86.3 cm³/mol. The van der Waals surface area contributed by atoms with Crippen LogP contribution in [0.1, 0.15) is 24.0 Å². The predicted octanol–water partition coefficient (Wildman–Crippen LogP) is 4.79. The van der Waals surface area contributed by atoms with Crippen LogP contribution < -0.4 is 5.32 Å². The van der Waals surface area contributed by atoms with E-state index in [4.69, 9.17) is 28.3 Å². The molecule has 21 heavy (non-hydrogen) atoms. The maximum Gasteiger partial charge on any atom is 0.310 e. The van der Waals surface area contributed by atoms with Crippen LogP contribution in [0.3, 0.4) is 0 Å². The van der Waals surface area contributed by atoms with Crippen LogP contribution in [0.25, 0.3) is 0 Å². The molecule has 0 radical (unpaired) electrons. The number of carboxylic acids is 1. The minimum absolute atomic E-state index is 0.509. The SMILES string of the molecule is CC(C(=O)O)c1ccc(CNc2c(Cl)cccc2Cl)cc1. The van der Waals surface area contributed by atoms with Crippen LogP contribution in [0.15, 0.2) is 42.5 Å². The number of para-hydroxylation sites is 1. The molecule has 5 heteroatoms. The highest BCUT2D eigenvalue weighted by atomic mass is 35.5. The summed E-state index contributed by atoms with van der Waals surface area (Å²) in [5.74, 6) is -1.34. The van der Waals surface area contributed by atoms with E-state index >= 15 is 0 Å². The van der Waals surface area contributed by atoms with Crippen molar-refractivity contribution in [2.45, 2.75) is 19.4 Å². The fraction of sp³-hybridized carbons (Fsp3) is 0.188. The van der Waals surface area contributed by atoms with Gasteiger partial charge in [-0.1, -0.05) is 53.5 Å². The van der Waals surface area contributed by atoms with Crippen molar-refractivity contribution in [2.75, 3.05) is 5.32 Å². The van der Waals surface area contributed by atoms with E-state index in [2.05, 4.69) is 5.32 Å². The van der Waals surface area contributed by atoms with Crippen molar-refractivity contribution < 1.29 is 9.90 Å². The molecule has 0 bridgehead atoms. The lowest BCUT2D eigenvalue weighted by molar-refractivity contribution is -0.138. The van der Waals surface area contributed by atoms with Gasteiger partial charge in [-0.25, -0.2) is 0 Å². The van der Waals surface area contributed by atoms with Gasteiger partial charge in [0, 0.05) is 6.54 Å². The van der Waals surface area contributed by atoms with Crippen molar-refractivity contribution in [2.24, 2.45) is 0 Å². The van der Waals surface area contributed by atoms with E-state index in [1.807, 2.05) is 24.3 Å². The summed E-state index contributed by atoms with van der Waals surface area (Å²) in [4.78, 5) is 10.9. The second-order valence-corrected chi connectivity index (χ2v) is 5.57. The number of benzene rings is 2. The fourth-order valence-electron chi connectivity index (χ4n) is 1.92. The second-order valence-electron chi connectivity index (χ2n) is 4.75. The number of carboxylic acid groups (broad SMARTS) is 1. The van der Waals surface area contributed by atoms with Crippen molar-refractivity contribution in [1.82, 2.24) is 0 Å². The van der Waals surface area contributed by atoms with Gasteiger partial charge in [-0.2, -0.15) is 0 Å². The van der Waals surface area contributed by atoms with Crippen LogP contribution >= 0.6 is 23.2 Å². The van der Waals surface area contributed by atoms with Gasteiger partial charge in [0.25, 0.3) is 0 Å². The van der Waals surface area contributed by atoms with Gasteiger partial charge >= 0.3 is 5.97 Å². The van der Waals surface area contributed by atoms with Crippen LogP contribution in [-0.4, -0.2) is 11.1 Å². The van der Waals surface area contributed by atoms with Crippen LogP contribution in [0.4, 0.5) is 5.69 Å². The molecule has 2 aromatic rings. The summed E-state index contributed by atoms with van der Waals surface area (Å²) in [6.45, 7) is 2.23. The molecule has 0 spiro atoms. The number of hydrogen-bond acceptors (Lipinski definition) is 2. The molecule has 2 rings (SSSR count). The van der Waals surface area contributed by atoms with Crippen LogP contribution in [0.2, 0.25) is 10.0 Å². The second kappa shape index (κ2) is 6.83. The summed E-state index contributed by atoms with van der Waals surface area (Å²) in [6, 6.07) is 12.8. The molecule has 2 aromatic carbocycles. The molecule has 3 nitrogen and oxygen atoms in total. The standard InChI is InChI=1S/C16H15Cl2NO2/c1-10(16(20)21)12-7-5-11(6-8-12)9-19-15-13(17)3-2-4-14(15)18/h2-8,10,19H,9H2,1H3,(H,20,21). The van der Waals surface area contributed by atoms with E-state index in [0.717, 1.165) is 11.1 Å². The highest BCUT2D eigenvalue weighted by Crippen LogP contribution is 2.30. The van der Waals surface area contributed by atoms with Crippen molar-refractivity contribution in [3.8, 4) is 0 Å². The fourth-order valence-corrected chi connectivity index (χ4v) is 2.45. The number of hydrogen-bond donors (Lipinski definition) is 2. The van der Waals surface area contributed by atoms with Crippen molar-refractivity contribution in [1.29, 1.82) is 0 Å². The molecule has 0 heterocycles. The zero-order valence-corrected chi connectivity index (χ0v) is 12.9. The summed E-state index contributed by atoms with van der Waals surface area (Å²) in [5.41, 5.74) is 2.50. The summed E-state index contributed by atoms with van der Waals surface area (Å²) in [5, 5.41) is 13.3. The summed E-state index contributed by atoms with van der Waals surface area (Å²) in [7, 11) is 0. The number of aliphatic carboxylic acids is 1. The third-order valence-corrected chi connectivity index (χ3v) is 3.91. The zero-order valence-electron chi connectivity index (χ0n) is 11.4. The first-order chi connectivity index (χ1) is 9.99. The summed E-state index contributed by atoms with van der Waals surface area (Å²) < 4.78 is 0. The Bertz CT molecular complexity index is 621. The van der Waals surface area contributed by atoms with E-state index in [1.54, 1.807) is 25.1 Å². The first kappa shape index (κ1) is 15.7. The third-order valence-electron chi connectivity index (χ3n) is 3.28. The number of halogens is 2. The minimum atomic E-state index is -0.830. The molecule has 0 aliphatic heterocycles. The quantitative estimate of drug-likeness (QED) is 0.831. The van der Waals surface area contributed by atoms with Gasteiger partial charge in [0.2, 0.25) is 0 Å². The molecule has 0 aromatic heterocycles. The normalized spacial score (nSPS) is 12.0. The Hall–Kier alpha value is -1.71. The monoisotopic (exact) mass is 323 g/mol. The molecule has 0 aliphatic carbocycles. The van der Waals surface area contributed by atoms with Crippen LogP contribution in [0.5, 0.6) is 0 Å². The Balaban J connectivity index is 2.06. The highest BCUT2D eigenvalue weighted by molar-refractivity contribution is 6.39. The molecule has 2 N–H and O–H groups in total. The average Bonchev–Trinajstić information content (AvgIpc) is 2.46. The van der Waals surface area contributed by atoms with Crippen molar-refractivity contribution >= 4 is 34.9 Å². The molecule has 0 amide bonds. The van der Waals surface area contributed by atoms with Gasteiger partial charge in [-0.3, -0.25) is 4.79 Å². The number of rotatable bonds is 5. The maximum absolute atomic E-state index is 10.9. The van der Waals surface area contributed by atoms with E-state index in [1.165, 1.54) is 0 Å². The average molecular weight is 324 g/mol. The molecule has 0 saturated heterocycles. The van der Waals surface area contributed by atoms with Crippen LogP contribution in [0, 0.1) is 0 Å². The molecule has 0 saturated carbocycles. The van der Waals surface area contributed by atoms with Gasteiger partial charge in [0.15, 0.2) is 0 Å². The van der Waals surface area contributed by atoms with Gasteiger partial charge in [-0.05, 0) is 30.2 Å². The lowest BCUT2D eigenvalue weighted by atomic mass is 10.00. The van der Waals surface area contributed by atoms with Gasteiger partial charge in [0.05, 0.1) is 21.7 Å². The number of anilines is 1. The molecule has 0 fully saturated rings. The highest BCUT2D eigenvalue weighted by Gasteiger charge is 2.13. The molecule has 0 aliphatic rings. The van der Waals surface area contributed by atoms with Gasteiger partial charge in [0.1, 0.15) is 0 Å². The Morgan fingerprint density at radius 1 is 1.14 bits per heavy atom. The van der Waals surface area contributed by atoms with Crippen molar-refractivity contribution in [3.63, 3.8) is 0 Å². The Morgan fingerprint density at radius 2 is 1.71 bits per heavy atom. The third kappa shape index (κ3) is 3.90. The van der Waals surface area contributed by atoms with Crippen LogP contribution in [-0.2, 0) is 11.3 Å². The summed E-state index contributed by atoms with van der Waals surface area (Å²) >= 11 is 12.2.